The smallest absolute Gasteiger partial charge is 0.344 e. The maximum Gasteiger partial charge on any atom is 0.344 e. The van der Waals surface area contributed by atoms with Crippen LogP contribution in [0.3, 0.4) is 0 Å². The topological polar surface area (TPSA) is 89.4 Å². The van der Waals surface area contributed by atoms with Crippen molar-refractivity contribution >= 4 is 28.0 Å². The van der Waals surface area contributed by atoms with E-state index >= 15 is 0 Å². The molecule has 0 aliphatic heterocycles. The summed E-state index contributed by atoms with van der Waals surface area (Å²) in [4.78, 5) is 11.8. The van der Waals surface area contributed by atoms with Crippen LogP contribution in [0.15, 0.2) is 42.5 Å². The molecule has 130 valence electrons. The van der Waals surface area contributed by atoms with Crippen LogP contribution in [0.1, 0.15) is 20.8 Å². The summed E-state index contributed by atoms with van der Waals surface area (Å²) in [7, 11) is 0. The van der Waals surface area contributed by atoms with Gasteiger partial charge in [-0.3, -0.25) is 0 Å². The number of hydrogen-bond donors (Lipinski definition) is 0. The molecule has 0 radical (unpaired) electrons. The van der Waals surface area contributed by atoms with Crippen molar-refractivity contribution in [2.75, 3.05) is 6.61 Å². The molecular formula is C18H18N2O5. The molecule has 25 heavy (non-hydrogen) atoms. The Morgan fingerprint density at radius 3 is 2.20 bits per heavy atom. The van der Waals surface area contributed by atoms with E-state index in [0.29, 0.717) is 9.46 Å². The van der Waals surface area contributed by atoms with Gasteiger partial charge in [0.2, 0.25) is 0 Å². The summed E-state index contributed by atoms with van der Waals surface area (Å²) in [5.41, 5.74) is 0.0778. The monoisotopic (exact) mass is 342 g/mol. The standard InChI is InChI=1S/C18H18N2O5/c1-18(2,3)25-16(21)11-24-15-10-6-9-14-17(15)20(23)13-8-5-4-7-12(13)19(14)22/h4-10H,11H2,1-3H3. The number of rotatable bonds is 3. The Morgan fingerprint density at radius 2 is 1.56 bits per heavy atom. The van der Waals surface area contributed by atoms with Crippen LogP contribution >= 0.6 is 0 Å². The van der Waals surface area contributed by atoms with Gasteiger partial charge in [0.15, 0.2) is 12.4 Å². The lowest BCUT2D eigenvalue weighted by Crippen LogP contribution is -2.39. The Balaban J connectivity index is 2.04. The fourth-order valence-electron chi connectivity index (χ4n) is 2.56. The first-order valence-electron chi connectivity index (χ1n) is 7.79. The van der Waals surface area contributed by atoms with E-state index in [1.54, 1.807) is 51.1 Å². The number of hydrogen-bond acceptors (Lipinski definition) is 5. The van der Waals surface area contributed by atoms with Gasteiger partial charge in [0.1, 0.15) is 5.60 Å². The van der Waals surface area contributed by atoms with Gasteiger partial charge in [-0.05, 0) is 26.8 Å². The van der Waals surface area contributed by atoms with Gasteiger partial charge >= 0.3 is 11.5 Å². The van der Waals surface area contributed by atoms with Crippen molar-refractivity contribution in [1.82, 2.24) is 0 Å². The lowest BCUT2D eigenvalue weighted by molar-refractivity contribution is -0.591. The van der Waals surface area contributed by atoms with Crippen molar-refractivity contribution in [3.63, 3.8) is 0 Å². The highest BCUT2D eigenvalue weighted by Crippen LogP contribution is 2.22. The molecule has 1 aromatic heterocycles. The van der Waals surface area contributed by atoms with E-state index < -0.39 is 11.6 Å². The average Bonchev–Trinajstić information content (AvgIpc) is 2.56. The Bertz CT molecular complexity index is 963. The van der Waals surface area contributed by atoms with Crippen LogP contribution in [0, 0.1) is 10.4 Å². The van der Waals surface area contributed by atoms with Gasteiger partial charge in [0.25, 0.3) is 16.6 Å². The molecule has 3 rings (SSSR count). The predicted molar refractivity (Wildman–Crippen MR) is 90.7 cm³/mol. The number of aromatic nitrogens is 2. The molecule has 1 heterocycles. The van der Waals surface area contributed by atoms with Crippen molar-refractivity contribution < 1.29 is 23.7 Å². The van der Waals surface area contributed by atoms with Crippen LogP contribution in [0.5, 0.6) is 5.75 Å². The summed E-state index contributed by atoms with van der Waals surface area (Å²) < 4.78 is 12.0. The highest BCUT2D eigenvalue weighted by Gasteiger charge is 2.25. The second-order valence-corrected chi connectivity index (χ2v) is 6.58. The van der Waals surface area contributed by atoms with Crippen molar-refractivity contribution in [2.24, 2.45) is 0 Å². The van der Waals surface area contributed by atoms with Crippen molar-refractivity contribution in [1.29, 1.82) is 0 Å². The number of fused-ring (bicyclic) bond motifs is 2. The molecule has 0 aliphatic carbocycles. The maximum absolute atomic E-state index is 12.7. The third-order valence-corrected chi connectivity index (χ3v) is 3.48. The first-order valence-corrected chi connectivity index (χ1v) is 7.79. The third kappa shape index (κ3) is 3.26. The molecular weight excluding hydrogens is 324 g/mol. The van der Waals surface area contributed by atoms with Crippen molar-refractivity contribution in [2.45, 2.75) is 26.4 Å². The third-order valence-electron chi connectivity index (χ3n) is 3.48. The van der Waals surface area contributed by atoms with E-state index in [2.05, 4.69) is 0 Å². The number of carbonyl (C=O) groups is 1. The molecule has 0 saturated heterocycles. The van der Waals surface area contributed by atoms with Gasteiger partial charge in [-0.1, -0.05) is 18.2 Å². The number of esters is 1. The van der Waals surface area contributed by atoms with Gasteiger partial charge < -0.3 is 19.9 Å². The number of nitrogens with zero attached hydrogens (tertiary/aromatic N) is 2. The molecule has 0 spiro atoms. The maximum atomic E-state index is 12.7. The van der Waals surface area contributed by atoms with E-state index in [4.69, 9.17) is 9.47 Å². The van der Waals surface area contributed by atoms with Gasteiger partial charge in [-0.2, -0.15) is 9.46 Å². The van der Waals surface area contributed by atoms with Crippen LogP contribution < -0.4 is 14.2 Å². The lowest BCUT2D eigenvalue weighted by Gasteiger charge is -2.19. The summed E-state index contributed by atoms with van der Waals surface area (Å²) in [6.07, 6.45) is 0. The van der Waals surface area contributed by atoms with Crippen LogP contribution in [0.25, 0.3) is 22.1 Å². The molecule has 7 nitrogen and oxygen atoms in total. The van der Waals surface area contributed by atoms with Gasteiger partial charge in [0.05, 0.1) is 0 Å². The number of benzene rings is 2. The minimum absolute atomic E-state index is 0.0692. The number of para-hydroxylation sites is 3. The fourth-order valence-corrected chi connectivity index (χ4v) is 2.56. The van der Waals surface area contributed by atoms with Crippen molar-refractivity contribution in [3.8, 4) is 5.75 Å². The lowest BCUT2D eigenvalue weighted by atomic mass is 10.2. The second-order valence-electron chi connectivity index (χ2n) is 6.58. The molecule has 0 aliphatic rings. The minimum Gasteiger partial charge on any atom is -0.617 e. The van der Waals surface area contributed by atoms with Crippen LogP contribution in [-0.2, 0) is 9.53 Å². The first-order chi connectivity index (χ1) is 11.8. The summed E-state index contributed by atoms with van der Waals surface area (Å²) in [6, 6.07) is 11.2. The summed E-state index contributed by atoms with van der Waals surface area (Å²) >= 11 is 0. The molecule has 0 atom stereocenters. The molecule has 2 aromatic carbocycles. The summed E-state index contributed by atoms with van der Waals surface area (Å²) in [6.45, 7) is 4.89. The van der Waals surface area contributed by atoms with Gasteiger partial charge in [0, 0.05) is 18.2 Å². The number of carbonyl (C=O) groups excluding carboxylic acids is 1. The normalized spacial score (nSPS) is 11.6. The molecule has 0 fully saturated rings. The predicted octanol–water partition coefficient (Wildman–Crippen LogP) is 1.98. The Labute approximate surface area is 144 Å². The zero-order valence-corrected chi connectivity index (χ0v) is 14.2. The molecule has 7 heteroatoms. The quantitative estimate of drug-likeness (QED) is 0.314. The highest BCUT2D eigenvalue weighted by atomic mass is 16.6. The minimum atomic E-state index is -0.633. The molecule has 0 saturated carbocycles. The zero-order chi connectivity index (χ0) is 18.2. The summed E-state index contributed by atoms with van der Waals surface area (Å²) in [5.74, 6) is -0.411. The van der Waals surface area contributed by atoms with Crippen LogP contribution in [0.2, 0.25) is 0 Å². The van der Waals surface area contributed by atoms with Gasteiger partial charge in [-0.25, -0.2) is 4.79 Å². The average molecular weight is 342 g/mol. The van der Waals surface area contributed by atoms with E-state index in [1.165, 1.54) is 12.1 Å². The molecule has 3 aromatic rings. The zero-order valence-electron chi connectivity index (χ0n) is 14.2. The fraction of sp³-hybridized carbons (Fsp3) is 0.278. The Hall–Kier alpha value is -3.09. The summed E-state index contributed by atoms with van der Waals surface area (Å²) in [5, 5.41) is 25.2. The number of ether oxygens (including phenoxy) is 2. The second kappa shape index (κ2) is 6.08. The van der Waals surface area contributed by atoms with Crippen molar-refractivity contribution in [3.05, 3.63) is 52.9 Å². The van der Waals surface area contributed by atoms with E-state index in [0.717, 1.165) is 0 Å². The highest BCUT2D eigenvalue weighted by molar-refractivity contribution is 5.81. The van der Waals surface area contributed by atoms with Crippen LogP contribution in [-0.4, -0.2) is 18.2 Å². The first kappa shape index (κ1) is 16.8. The Morgan fingerprint density at radius 1 is 0.960 bits per heavy atom. The molecule has 0 N–H and O–H groups in total. The SMILES string of the molecule is CC(C)(C)OC(=O)COc1cccc2c1[n+]([O-])c1ccccc1[n+]2[O-]. The molecule has 0 unspecified atom stereocenters. The van der Waals surface area contributed by atoms with E-state index in [9.17, 15) is 15.2 Å². The van der Waals surface area contributed by atoms with Gasteiger partial charge in [-0.15, -0.1) is 0 Å². The van der Waals surface area contributed by atoms with E-state index in [-0.39, 0.29) is 34.4 Å². The molecule has 0 amide bonds. The van der Waals surface area contributed by atoms with E-state index in [1.807, 2.05) is 0 Å². The van der Waals surface area contributed by atoms with Crippen LogP contribution in [0.4, 0.5) is 0 Å². The Kier molecular flexibility index (Phi) is 4.08. The largest absolute Gasteiger partial charge is 0.617 e. The molecule has 0 bridgehead atoms.